The van der Waals surface area contributed by atoms with E-state index in [0.29, 0.717) is 11.1 Å². The van der Waals surface area contributed by atoms with Gasteiger partial charge in [0.1, 0.15) is 0 Å². The Morgan fingerprint density at radius 2 is 1.29 bits per heavy atom. The lowest BCUT2D eigenvalue weighted by Crippen LogP contribution is -2.57. The summed E-state index contributed by atoms with van der Waals surface area (Å²) in [6, 6.07) is 10.6. The third-order valence-electron chi connectivity index (χ3n) is 8.14. The van der Waals surface area contributed by atoms with Crippen LogP contribution in [0.3, 0.4) is 0 Å². The minimum Gasteiger partial charge on any atom is -0.733 e. The van der Waals surface area contributed by atoms with Gasteiger partial charge in [-0.05, 0) is 78.1 Å². The van der Waals surface area contributed by atoms with Gasteiger partial charge in [0.05, 0.1) is 23.5 Å². The lowest BCUT2D eigenvalue weighted by atomic mass is 9.69. The predicted molar refractivity (Wildman–Crippen MR) is 125 cm³/mol. The van der Waals surface area contributed by atoms with Crippen LogP contribution in [0.25, 0.3) is 0 Å². The molecule has 4 N–H and O–H groups in total. The second kappa shape index (κ2) is 8.55. The number of nitrogens with one attached hydrogen (secondary N) is 2. The summed E-state index contributed by atoms with van der Waals surface area (Å²) < 4.78 is 0. The standard InChI is InChI=1S/C24H28N4O6/c1-23(2)18-12-13-24(23,3)20(26-22(30)15-6-10-17(11-7-15)28(33)34)19(18)25-21(29)14-4-8-16(9-5-14)27(31)32/h4-11,18-20,31,33H,12-13H2,1-3H3,(H,25,29)(H,26,30)/q-2/t18-,19+,20+,24+/m0/s1. The SMILES string of the molecule is CC1(C)[C@H]2CC[C@]1(C)[C@H](NC(=O)c1ccc(N([O-])O)cc1)[C@@H]2NC(=O)c1ccc(N([O-])O)cc1. The smallest absolute Gasteiger partial charge is 0.251 e. The molecular weight excluding hydrogens is 440 g/mol. The Morgan fingerprint density at radius 3 is 1.74 bits per heavy atom. The number of carbonyl (C=O) groups excluding carboxylic acids is 2. The van der Waals surface area contributed by atoms with Gasteiger partial charge < -0.3 is 31.5 Å². The van der Waals surface area contributed by atoms with Gasteiger partial charge in [-0.1, -0.05) is 20.8 Å². The van der Waals surface area contributed by atoms with Gasteiger partial charge in [0, 0.05) is 11.1 Å². The average molecular weight is 469 g/mol. The maximum Gasteiger partial charge on any atom is 0.251 e. The highest BCUT2D eigenvalue weighted by molar-refractivity contribution is 5.96. The van der Waals surface area contributed by atoms with Gasteiger partial charge in [0.15, 0.2) is 0 Å². The van der Waals surface area contributed by atoms with Crippen LogP contribution in [0.15, 0.2) is 48.5 Å². The van der Waals surface area contributed by atoms with E-state index >= 15 is 0 Å². The molecule has 2 aromatic carbocycles. The van der Waals surface area contributed by atoms with Crippen LogP contribution < -0.4 is 21.1 Å². The van der Waals surface area contributed by atoms with E-state index < -0.39 is 0 Å². The molecule has 2 amide bonds. The quantitative estimate of drug-likeness (QED) is 0.471. The average Bonchev–Trinajstić information content (AvgIpc) is 3.12. The van der Waals surface area contributed by atoms with E-state index in [0.717, 1.165) is 12.8 Å². The molecule has 4 atom stereocenters. The molecule has 2 aliphatic rings. The molecule has 2 bridgehead atoms. The fraction of sp³-hybridized carbons (Fsp3) is 0.417. The maximum absolute atomic E-state index is 13.1. The van der Waals surface area contributed by atoms with Crippen LogP contribution in [-0.2, 0) is 0 Å². The van der Waals surface area contributed by atoms with Crippen molar-refractivity contribution in [1.29, 1.82) is 0 Å². The van der Waals surface area contributed by atoms with Crippen molar-refractivity contribution in [3.8, 4) is 0 Å². The minimum atomic E-state index is -0.335. The van der Waals surface area contributed by atoms with Crippen LogP contribution in [0.4, 0.5) is 11.4 Å². The Bertz CT molecular complexity index is 1070. The van der Waals surface area contributed by atoms with Crippen molar-refractivity contribution in [3.05, 3.63) is 70.1 Å². The number of nitrogens with zero attached hydrogens (tertiary/aromatic N) is 2. The zero-order valence-corrected chi connectivity index (χ0v) is 19.2. The molecule has 10 nitrogen and oxygen atoms in total. The highest BCUT2D eigenvalue weighted by atomic mass is 16.8. The molecule has 2 fully saturated rings. The van der Waals surface area contributed by atoms with Crippen molar-refractivity contribution < 1.29 is 20.0 Å². The number of hydrogen-bond acceptors (Lipinski definition) is 8. The summed E-state index contributed by atoms with van der Waals surface area (Å²) in [4.78, 5) is 26.1. The zero-order valence-electron chi connectivity index (χ0n) is 19.2. The molecule has 0 unspecified atom stereocenters. The van der Waals surface area contributed by atoms with Crippen LogP contribution in [0.1, 0.15) is 54.3 Å². The summed E-state index contributed by atoms with van der Waals surface area (Å²) in [5.74, 6) is -0.522. The summed E-state index contributed by atoms with van der Waals surface area (Å²) in [6.45, 7) is 6.45. The molecule has 0 saturated heterocycles. The number of hydrogen-bond donors (Lipinski definition) is 4. The topological polar surface area (TPSA) is 151 Å². The number of fused-ring (bicyclic) bond motifs is 2. The van der Waals surface area contributed by atoms with Crippen LogP contribution in [0.5, 0.6) is 0 Å². The van der Waals surface area contributed by atoms with E-state index in [4.69, 9.17) is 10.4 Å². The van der Waals surface area contributed by atoms with E-state index in [9.17, 15) is 20.0 Å². The van der Waals surface area contributed by atoms with Crippen LogP contribution in [0, 0.1) is 27.2 Å². The van der Waals surface area contributed by atoms with E-state index in [1.54, 1.807) is 0 Å². The van der Waals surface area contributed by atoms with Gasteiger partial charge in [0.2, 0.25) is 0 Å². The Morgan fingerprint density at radius 1 is 0.853 bits per heavy atom. The molecule has 0 spiro atoms. The minimum absolute atomic E-state index is 0.0158. The first kappa shape index (κ1) is 24.0. The Kier molecular flexibility index (Phi) is 6.03. The summed E-state index contributed by atoms with van der Waals surface area (Å²) in [5.41, 5.74) is 0.303. The largest absolute Gasteiger partial charge is 0.733 e. The predicted octanol–water partition coefficient (Wildman–Crippen LogP) is 3.43. The van der Waals surface area contributed by atoms with Crippen molar-refractivity contribution >= 4 is 23.2 Å². The first-order valence-corrected chi connectivity index (χ1v) is 11.1. The highest BCUT2D eigenvalue weighted by Gasteiger charge is 2.66. The van der Waals surface area contributed by atoms with Gasteiger partial charge in [-0.25, -0.2) is 0 Å². The van der Waals surface area contributed by atoms with E-state index in [1.807, 2.05) is 0 Å². The molecule has 34 heavy (non-hydrogen) atoms. The van der Waals surface area contributed by atoms with Crippen LogP contribution in [-0.4, -0.2) is 34.3 Å². The zero-order chi connectivity index (χ0) is 24.8. The molecular formula is C24H28N4O6-2. The van der Waals surface area contributed by atoms with Gasteiger partial charge in [-0.15, -0.1) is 0 Å². The van der Waals surface area contributed by atoms with Gasteiger partial charge in [-0.3, -0.25) is 20.0 Å². The first-order valence-electron chi connectivity index (χ1n) is 11.1. The molecule has 0 radical (unpaired) electrons. The normalized spacial score (nSPS) is 26.7. The molecule has 0 aromatic heterocycles. The van der Waals surface area contributed by atoms with Gasteiger partial charge in [-0.2, -0.15) is 0 Å². The monoisotopic (exact) mass is 468 g/mol. The highest BCUT2D eigenvalue weighted by Crippen LogP contribution is 2.65. The lowest BCUT2D eigenvalue weighted by molar-refractivity contribution is 0.0781. The van der Waals surface area contributed by atoms with E-state index in [-0.39, 0.29) is 62.5 Å². The Balaban J connectivity index is 1.56. The van der Waals surface area contributed by atoms with Crippen molar-refractivity contribution in [1.82, 2.24) is 10.6 Å². The second-order valence-corrected chi connectivity index (χ2v) is 9.87. The molecule has 10 heteroatoms. The summed E-state index contributed by atoms with van der Waals surface area (Å²) >= 11 is 0. The summed E-state index contributed by atoms with van der Waals surface area (Å²) in [6.07, 6.45) is 1.82. The second-order valence-electron chi connectivity index (χ2n) is 9.87. The van der Waals surface area contributed by atoms with Crippen molar-refractivity contribution in [3.63, 3.8) is 0 Å². The van der Waals surface area contributed by atoms with Crippen LogP contribution in [0.2, 0.25) is 0 Å². The van der Waals surface area contributed by atoms with E-state index in [1.165, 1.54) is 48.5 Å². The fourth-order valence-electron chi connectivity index (χ4n) is 5.75. The first-order chi connectivity index (χ1) is 16.0. The van der Waals surface area contributed by atoms with Crippen molar-refractivity contribution in [2.24, 2.45) is 16.7 Å². The van der Waals surface area contributed by atoms with Gasteiger partial charge in [0.25, 0.3) is 11.8 Å². The molecule has 0 heterocycles. The van der Waals surface area contributed by atoms with Crippen molar-refractivity contribution in [2.75, 3.05) is 10.5 Å². The van der Waals surface area contributed by atoms with E-state index in [2.05, 4.69) is 31.4 Å². The molecule has 0 aliphatic heterocycles. The molecule has 2 aromatic rings. The van der Waals surface area contributed by atoms with Gasteiger partial charge >= 0.3 is 0 Å². The maximum atomic E-state index is 13.1. The number of carbonyl (C=O) groups is 2. The molecule has 2 saturated carbocycles. The Labute approximate surface area is 197 Å². The number of anilines is 2. The summed E-state index contributed by atoms with van der Waals surface area (Å²) in [5, 5.41) is 45.7. The fourth-order valence-corrected chi connectivity index (χ4v) is 5.75. The molecule has 2 aliphatic carbocycles. The molecule has 4 rings (SSSR count). The van der Waals surface area contributed by atoms with Crippen LogP contribution >= 0.6 is 0 Å². The number of amides is 2. The third kappa shape index (κ3) is 3.88. The third-order valence-corrected chi connectivity index (χ3v) is 8.14. The Hall–Kier alpha value is -3.18. The number of benzene rings is 2. The molecule has 182 valence electrons. The summed E-state index contributed by atoms with van der Waals surface area (Å²) in [7, 11) is 0. The lowest BCUT2D eigenvalue weighted by Gasteiger charge is -2.40. The number of rotatable bonds is 6. The van der Waals surface area contributed by atoms with Crippen molar-refractivity contribution in [2.45, 2.75) is 45.7 Å².